The normalized spacial score (nSPS) is 20.7. The van der Waals surface area contributed by atoms with Crippen molar-refractivity contribution in [3.05, 3.63) is 52.9 Å². The molecular weight excluding hydrogens is 312 g/mol. The van der Waals surface area contributed by atoms with Gasteiger partial charge >= 0.3 is 0 Å². The number of benzene rings is 1. The maximum absolute atomic E-state index is 13.8. The number of hydrogen-bond donors (Lipinski definition) is 1. The highest BCUT2D eigenvalue weighted by molar-refractivity contribution is 5.83. The van der Waals surface area contributed by atoms with Gasteiger partial charge in [-0.2, -0.15) is 5.10 Å². The minimum Gasteiger partial charge on any atom is -0.352 e. The highest BCUT2D eigenvalue weighted by Gasteiger charge is 2.45. The standard InChI is InChI=1S/C18H21F2N3O/c1-10-6-12(3)23(22-10)9-11(2)21-18(24)16-8-15(16)14-5-4-13(19)7-17(14)20/h4-7,11,15-16H,8-9H2,1-3H3,(H,21,24)/t11-,15+,16-/m0/s1. The summed E-state index contributed by atoms with van der Waals surface area (Å²) in [6.45, 7) is 6.42. The van der Waals surface area contributed by atoms with Crippen LogP contribution in [0, 0.1) is 31.4 Å². The van der Waals surface area contributed by atoms with E-state index in [1.165, 1.54) is 12.1 Å². The number of rotatable bonds is 5. The van der Waals surface area contributed by atoms with Crippen molar-refractivity contribution >= 4 is 5.91 Å². The Morgan fingerprint density at radius 1 is 1.38 bits per heavy atom. The second-order valence-corrected chi connectivity index (χ2v) is 6.63. The molecule has 3 atom stereocenters. The Labute approximate surface area is 139 Å². The number of carbonyl (C=O) groups is 1. The molecule has 0 aliphatic heterocycles. The fraction of sp³-hybridized carbons (Fsp3) is 0.444. The summed E-state index contributed by atoms with van der Waals surface area (Å²) in [4.78, 5) is 12.3. The van der Waals surface area contributed by atoms with Crippen molar-refractivity contribution in [3.8, 4) is 0 Å². The summed E-state index contributed by atoms with van der Waals surface area (Å²) in [6.07, 6.45) is 0.598. The smallest absolute Gasteiger partial charge is 0.224 e. The van der Waals surface area contributed by atoms with E-state index in [4.69, 9.17) is 0 Å². The van der Waals surface area contributed by atoms with Gasteiger partial charge in [-0.1, -0.05) is 6.07 Å². The lowest BCUT2D eigenvalue weighted by molar-refractivity contribution is -0.123. The molecule has 1 N–H and O–H groups in total. The second kappa shape index (κ2) is 6.34. The van der Waals surface area contributed by atoms with Crippen LogP contribution in [0.5, 0.6) is 0 Å². The molecule has 2 aromatic rings. The van der Waals surface area contributed by atoms with Gasteiger partial charge in [0.1, 0.15) is 11.6 Å². The van der Waals surface area contributed by atoms with E-state index in [2.05, 4.69) is 10.4 Å². The number of carbonyl (C=O) groups excluding carboxylic acids is 1. The Morgan fingerprint density at radius 3 is 2.75 bits per heavy atom. The molecule has 128 valence electrons. The Balaban J connectivity index is 1.57. The average molecular weight is 333 g/mol. The van der Waals surface area contributed by atoms with Crippen molar-refractivity contribution in [3.63, 3.8) is 0 Å². The number of nitrogens with one attached hydrogen (secondary N) is 1. The van der Waals surface area contributed by atoms with Crippen LogP contribution < -0.4 is 5.32 Å². The predicted molar refractivity (Wildman–Crippen MR) is 86.5 cm³/mol. The Bertz CT molecular complexity index is 772. The number of halogens is 2. The predicted octanol–water partition coefficient (Wildman–Crippen LogP) is 3.09. The molecule has 0 radical (unpaired) electrons. The Morgan fingerprint density at radius 2 is 2.12 bits per heavy atom. The van der Waals surface area contributed by atoms with Crippen LogP contribution in [0.2, 0.25) is 0 Å². The van der Waals surface area contributed by atoms with Gasteiger partial charge in [-0.15, -0.1) is 0 Å². The first-order valence-electron chi connectivity index (χ1n) is 8.11. The van der Waals surface area contributed by atoms with Crippen LogP contribution in [0.15, 0.2) is 24.3 Å². The molecule has 0 saturated heterocycles. The van der Waals surface area contributed by atoms with Crippen molar-refractivity contribution in [2.75, 3.05) is 0 Å². The average Bonchev–Trinajstić information content (AvgIpc) is 3.20. The van der Waals surface area contributed by atoms with Crippen molar-refractivity contribution in [1.82, 2.24) is 15.1 Å². The van der Waals surface area contributed by atoms with Gasteiger partial charge in [-0.3, -0.25) is 9.48 Å². The third kappa shape index (κ3) is 3.47. The van der Waals surface area contributed by atoms with Crippen LogP contribution in [0.4, 0.5) is 8.78 Å². The molecule has 3 rings (SSSR count). The van der Waals surface area contributed by atoms with E-state index in [-0.39, 0.29) is 23.8 Å². The second-order valence-electron chi connectivity index (χ2n) is 6.63. The zero-order valence-corrected chi connectivity index (χ0v) is 14.0. The zero-order valence-electron chi connectivity index (χ0n) is 14.0. The SMILES string of the molecule is Cc1cc(C)n(C[C@H](C)NC(=O)[C@H]2C[C@@H]2c2ccc(F)cc2F)n1. The number of nitrogens with zero attached hydrogens (tertiary/aromatic N) is 2. The van der Waals surface area contributed by atoms with E-state index in [1.807, 2.05) is 31.5 Å². The lowest BCUT2D eigenvalue weighted by Gasteiger charge is -2.15. The zero-order chi connectivity index (χ0) is 17.4. The number of hydrogen-bond acceptors (Lipinski definition) is 2. The van der Waals surface area contributed by atoms with Gasteiger partial charge < -0.3 is 5.32 Å². The van der Waals surface area contributed by atoms with Crippen LogP contribution in [0.25, 0.3) is 0 Å². The number of aromatic nitrogens is 2. The van der Waals surface area contributed by atoms with Crippen LogP contribution in [-0.4, -0.2) is 21.7 Å². The minimum atomic E-state index is -0.601. The van der Waals surface area contributed by atoms with Crippen molar-refractivity contribution in [2.45, 2.75) is 45.7 Å². The topological polar surface area (TPSA) is 46.9 Å². The molecule has 1 heterocycles. The van der Waals surface area contributed by atoms with E-state index >= 15 is 0 Å². The molecule has 4 nitrogen and oxygen atoms in total. The highest BCUT2D eigenvalue weighted by Crippen LogP contribution is 2.48. The molecule has 0 bridgehead atoms. The van der Waals surface area contributed by atoms with Crippen LogP contribution in [0.1, 0.15) is 36.2 Å². The lowest BCUT2D eigenvalue weighted by Crippen LogP contribution is -2.37. The molecule has 6 heteroatoms. The fourth-order valence-electron chi connectivity index (χ4n) is 3.15. The summed E-state index contributed by atoms with van der Waals surface area (Å²) in [5.41, 5.74) is 2.41. The quantitative estimate of drug-likeness (QED) is 0.914. The molecule has 1 saturated carbocycles. The molecule has 1 aliphatic rings. The number of aryl methyl sites for hydroxylation is 2. The van der Waals surface area contributed by atoms with Gasteiger partial charge in [0.15, 0.2) is 0 Å². The van der Waals surface area contributed by atoms with Gasteiger partial charge in [-0.05, 0) is 50.8 Å². The van der Waals surface area contributed by atoms with Crippen LogP contribution >= 0.6 is 0 Å². The van der Waals surface area contributed by atoms with E-state index in [0.29, 0.717) is 18.5 Å². The molecule has 1 fully saturated rings. The monoisotopic (exact) mass is 333 g/mol. The van der Waals surface area contributed by atoms with E-state index in [9.17, 15) is 13.6 Å². The molecule has 24 heavy (non-hydrogen) atoms. The van der Waals surface area contributed by atoms with Crippen molar-refractivity contribution in [1.29, 1.82) is 0 Å². The van der Waals surface area contributed by atoms with Gasteiger partial charge in [0.2, 0.25) is 5.91 Å². The largest absolute Gasteiger partial charge is 0.352 e. The van der Waals surface area contributed by atoms with Gasteiger partial charge in [-0.25, -0.2) is 8.78 Å². The molecular formula is C18H21F2N3O. The van der Waals surface area contributed by atoms with E-state index in [0.717, 1.165) is 17.5 Å². The summed E-state index contributed by atoms with van der Waals surface area (Å²) >= 11 is 0. The van der Waals surface area contributed by atoms with E-state index in [1.54, 1.807) is 0 Å². The number of amides is 1. The Hall–Kier alpha value is -2.24. The minimum absolute atomic E-state index is 0.0742. The highest BCUT2D eigenvalue weighted by atomic mass is 19.1. The first-order chi connectivity index (χ1) is 11.3. The van der Waals surface area contributed by atoms with Gasteiger partial charge in [0.25, 0.3) is 0 Å². The first kappa shape index (κ1) is 16.6. The van der Waals surface area contributed by atoms with Gasteiger partial charge in [0.05, 0.1) is 12.2 Å². The molecule has 0 unspecified atom stereocenters. The molecule has 1 aliphatic carbocycles. The maximum Gasteiger partial charge on any atom is 0.224 e. The van der Waals surface area contributed by atoms with Crippen LogP contribution in [-0.2, 0) is 11.3 Å². The molecule has 0 spiro atoms. The third-order valence-corrected chi connectivity index (χ3v) is 4.43. The molecule has 1 amide bonds. The first-order valence-corrected chi connectivity index (χ1v) is 8.11. The molecule has 1 aromatic carbocycles. The van der Waals surface area contributed by atoms with E-state index < -0.39 is 11.6 Å². The van der Waals surface area contributed by atoms with Crippen LogP contribution in [0.3, 0.4) is 0 Å². The summed E-state index contributed by atoms with van der Waals surface area (Å²) in [6, 6.07) is 5.45. The van der Waals surface area contributed by atoms with Gasteiger partial charge in [0, 0.05) is 23.7 Å². The third-order valence-electron chi connectivity index (χ3n) is 4.43. The van der Waals surface area contributed by atoms with Crippen molar-refractivity contribution < 1.29 is 13.6 Å². The fourth-order valence-corrected chi connectivity index (χ4v) is 3.15. The summed E-state index contributed by atoms with van der Waals surface area (Å²) in [7, 11) is 0. The van der Waals surface area contributed by atoms with Crippen molar-refractivity contribution in [2.24, 2.45) is 5.92 Å². The summed E-state index contributed by atoms with van der Waals surface area (Å²) < 4.78 is 28.6. The summed E-state index contributed by atoms with van der Waals surface area (Å²) in [5.74, 6) is -1.67. The molecule has 1 aromatic heterocycles. The maximum atomic E-state index is 13.8. The lowest BCUT2D eigenvalue weighted by atomic mass is 10.1. The Kier molecular flexibility index (Phi) is 4.39. The summed E-state index contributed by atoms with van der Waals surface area (Å²) in [5, 5.41) is 7.34.